The summed E-state index contributed by atoms with van der Waals surface area (Å²) >= 11 is 0. The minimum absolute atomic E-state index is 0.0965. The normalized spacial score (nSPS) is 10.0. The lowest BCUT2D eigenvalue weighted by molar-refractivity contribution is 0.262. The zero-order chi connectivity index (χ0) is 15.2. The highest BCUT2D eigenvalue weighted by atomic mass is 19.1. The lowest BCUT2D eigenvalue weighted by Gasteiger charge is -2.14. The molecule has 2 aromatic rings. The Labute approximate surface area is 121 Å². The fourth-order valence-corrected chi connectivity index (χ4v) is 1.89. The van der Waals surface area contributed by atoms with Crippen LogP contribution in [0.1, 0.15) is 5.56 Å². The first-order valence-corrected chi connectivity index (χ1v) is 6.34. The van der Waals surface area contributed by atoms with Crippen LogP contribution in [0.5, 0.6) is 5.75 Å². The van der Waals surface area contributed by atoms with Gasteiger partial charge in [-0.25, -0.2) is 9.18 Å². The Balaban J connectivity index is 2.18. The number of rotatable bonds is 4. The molecule has 0 saturated carbocycles. The van der Waals surface area contributed by atoms with E-state index in [0.29, 0.717) is 11.4 Å². The molecule has 21 heavy (non-hydrogen) atoms. The highest BCUT2D eigenvalue weighted by Crippen LogP contribution is 2.28. The molecule has 0 aromatic heterocycles. The van der Waals surface area contributed by atoms with Crippen LogP contribution in [0, 0.1) is 5.82 Å². The van der Waals surface area contributed by atoms with E-state index < -0.39 is 11.8 Å². The summed E-state index contributed by atoms with van der Waals surface area (Å²) in [6, 6.07) is 10.6. The summed E-state index contributed by atoms with van der Waals surface area (Å²) in [6.45, 7) is 0.243. The zero-order valence-corrected chi connectivity index (χ0v) is 11.5. The van der Waals surface area contributed by atoms with E-state index in [-0.39, 0.29) is 12.2 Å². The topological polar surface area (TPSA) is 76.4 Å². The van der Waals surface area contributed by atoms with Gasteiger partial charge in [-0.2, -0.15) is 0 Å². The van der Waals surface area contributed by atoms with Crippen molar-refractivity contribution in [3.63, 3.8) is 0 Å². The number of urea groups is 1. The van der Waals surface area contributed by atoms with E-state index in [9.17, 15) is 9.18 Å². The number of amides is 2. The van der Waals surface area contributed by atoms with Crippen LogP contribution in [0.25, 0.3) is 0 Å². The number of anilines is 2. The van der Waals surface area contributed by atoms with Gasteiger partial charge in [0, 0.05) is 6.54 Å². The summed E-state index contributed by atoms with van der Waals surface area (Å²) in [5, 5.41) is 5.07. The molecule has 110 valence electrons. The van der Waals surface area contributed by atoms with Gasteiger partial charge in [0.05, 0.1) is 18.5 Å². The molecule has 0 spiro atoms. The van der Waals surface area contributed by atoms with Crippen LogP contribution < -0.4 is 21.1 Å². The monoisotopic (exact) mass is 289 g/mol. The van der Waals surface area contributed by atoms with Crippen molar-refractivity contribution in [2.24, 2.45) is 5.73 Å². The minimum atomic E-state index is -0.570. The number of benzene rings is 2. The zero-order valence-electron chi connectivity index (χ0n) is 11.5. The summed E-state index contributed by atoms with van der Waals surface area (Å²) in [5.74, 6) is -0.0200. The van der Waals surface area contributed by atoms with Crippen molar-refractivity contribution in [2.75, 3.05) is 17.7 Å². The number of carbonyl (C=O) groups excluding carboxylic acids is 1. The fourth-order valence-electron chi connectivity index (χ4n) is 1.89. The average Bonchev–Trinajstić information content (AvgIpc) is 2.49. The smallest absolute Gasteiger partial charge is 0.323 e. The Kier molecular flexibility index (Phi) is 4.73. The van der Waals surface area contributed by atoms with Gasteiger partial charge in [0.25, 0.3) is 0 Å². The number of nitrogens with one attached hydrogen (secondary N) is 2. The predicted molar refractivity (Wildman–Crippen MR) is 79.9 cm³/mol. The van der Waals surface area contributed by atoms with Gasteiger partial charge in [0.1, 0.15) is 11.6 Å². The van der Waals surface area contributed by atoms with Gasteiger partial charge in [0.2, 0.25) is 0 Å². The van der Waals surface area contributed by atoms with E-state index in [1.165, 1.54) is 19.2 Å². The number of methoxy groups -OCH3 is 1. The van der Waals surface area contributed by atoms with Crippen LogP contribution in [-0.4, -0.2) is 13.1 Å². The molecule has 0 unspecified atom stereocenters. The van der Waals surface area contributed by atoms with E-state index in [0.717, 1.165) is 5.56 Å². The van der Waals surface area contributed by atoms with Crippen molar-refractivity contribution in [1.82, 2.24) is 0 Å². The highest BCUT2D eigenvalue weighted by Gasteiger charge is 2.12. The number of nitrogens with two attached hydrogens (primary N) is 1. The third-order valence-electron chi connectivity index (χ3n) is 2.91. The Morgan fingerprint density at radius 1 is 1.19 bits per heavy atom. The number of halogens is 1. The summed E-state index contributed by atoms with van der Waals surface area (Å²) < 4.78 is 18.7. The molecule has 0 heterocycles. The Morgan fingerprint density at radius 3 is 2.62 bits per heavy atom. The van der Waals surface area contributed by atoms with E-state index in [1.54, 1.807) is 30.3 Å². The standard InChI is InChI=1S/C15H16FN3O2/c1-21-13-8-4-5-10(9-17)14(13)19-15(20)18-12-7-3-2-6-11(12)16/h2-8H,9,17H2,1H3,(H2,18,19,20). The number of hydrogen-bond donors (Lipinski definition) is 3. The van der Waals surface area contributed by atoms with Gasteiger partial charge in [0.15, 0.2) is 0 Å². The molecule has 2 rings (SSSR count). The molecule has 2 amide bonds. The maximum atomic E-state index is 13.5. The summed E-state index contributed by atoms with van der Waals surface area (Å²) in [6.07, 6.45) is 0. The highest BCUT2D eigenvalue weighted by molar-refractivity contribution is 6.01. The van der Waals surface area contributed by atoms with Gasteiger partial charge in [-0.05, 0) is 23.8 Å². The summed E-state index contributed by atoms with van der Waals surface area (Å²) in [7, 11) is 1.50. The second-order valence-electron chi connectivity index (χ2n) is 4.26. The maximum Gasteiger partial charge on any atom is 0.323 e. The van der Waals surface area contributed by atoms with E-state index in [2.05, 4.69) is 10.6 Å². The Hall–Kier alpha value is -2.60. The quantitative estimate of drug-likeness (QED) is 0.810. The van der Waals surface area contributed by atoms with Crippen LogP contribution in [0.15, 0.2) is 42.5 Å². The van der Waals surface area contributed by atoms with E-state index in [4.69, 9.17) is 10.5 Å². The van der Waals surface area contributed by atoms with Crippen LogP contribution in [0.4, 0.5) is 20.6 Å². The molecular formula is C15H16FN3O2. The van der Waals surface area contributed by atoms with Gasteiger partial charge in [-0.3, -0.25) is 0 Å². The molecule has 0 atom stereocenters. The SMILES string of the molecule is COc1cccc(CN)c1NC(=O)Nc1ccccc1F. The Morgan fingerprint density at radius 2 is 1.95 bits per heavy atom. The third-order valence-corrected chi connectivity index (χ3v) is 2.91. The van der Waals surface area contributed by atoms with Crippen LogP contribution in [0.3, 0.4) is 0 Å². The maximum absolute atomic E-state index is 13.5. The van der Waals surface area contributed by atoms with Crippen molar-refractivity contribution in [3.05, 3.63) is 53.8 Å². The lowest BCUT2D eigenvalue weighted by Crippen LogP contribution is -2.21. The molecule has 0 aliphatic rings. The van der Waals surface area contributed by atoms with Gasteiger partial charge in [-0.15, -0.1) is 0 Å². The number of ether oxygens (including phenoxy) is 1. The molecule has 4 N–H and O–H groups in total. The largest absolute Gasteiger partial charge is 0.495 e. The first-order chi connectivity index (χ1) is 10.2. The van der Waals surface area contributed by atoms with Gasteiger partial charge >= 0.3 is 6.03 Å². The minimum Gasteiger partial charge on any atom is -0.495 e. The summed E-state index contributed by atoms with van der Waals surface area (Å²) in [5.41, 5.74) is 6.93. The first-order valence-electron chi connectivity index (χ1n) is 6.34. The molecule has 0 aliphatic heterocycles. The third kappa shape index (κ3) is 3.49. The average molecular weight is 289 g/mol. The fraction of sp³-hybridized carbons (Fsp3) is 0.133. The molecular weight excluding hydrogens is 273 g/mol. The summed E-state index contributed by atoms with van der Waals surface area (Å²) in [4.78, 5) is 12.0. The molecule has 2 aromatic carbocycles. The molecule has 0 radical (unpaired) electrons. The molecule has 0 bridgehead atoms. The molecule has 0 aliphatic carbocycles. The molecule has 0 fully saturated rings. The van der Waals surface area contributed by atoms with Crippen LogP contribution >= 0.6 is 0 Å². The van der Waals surface area contributed by atoms with Gasteiger partial charge in [-0.1, -0.05) is 24.3 Å². The second-order valence-corrected chi connectivity index (χ2v) is 4.26. The predicted octanol–water partition coefficient (Wildman–Crippen LogP) is 2.94. The van der Waals surface area contributed by atoms with Crippen molar-refractivity contribution in [3.8, 4) is 5.75 Å². The first kappa shape index (κ1) is 14.8. The number of hydrogen-bond acceptors (Lipinski definition) is 3. The van der Waals surface area contributed by atoms with Crippen molar-refractivity contribution in [1.29, 1.82) is 0 Å². The van der Waals surface area contributed by atoms with Crippen molar-refractivity contribution < 1.29 is 13.9 Å². The van der Waals surface area contributed by atoms with Gasteiger partial charge < -0.3 is 21.1 Å². The molecule has 5 nitrogen and oxygen atoms in total. The van der Waals surface area contributed by atoms with E-state index in [1.807, 2.05) is 0 Å². The Bertz CT molecular complexity index is 624. The van der Waals surface area contributed by atoms with Crippen molar-refractivity contribution in [2.45, 2.75) is 6.54 Å². The number of carbonyl (C=O) groups is 1. The molecule has 6 heteroatoms. The lowest BCUT2D eigenvalue weighted by atomic mass is 10.1. The van der Waals surface area contributed by atoms with E-state index >= 15 is 0 Å². The second kappa shape index (κ2) is 6.71. The van der Waals surface area contributed by atoms with Crippen molar-refractivity contribution >= 4 is 17.4 Å². The molecule has 0 saturated heterocycles. The number of para-hydroxylation sites is 2. The van der Waals surface area contributed by atoms with Crippen LogP contribution in [0.2, 0.25) is 0 Å². The van der Waals surface area contributed by atoms with Crippen LogP contribution in [-0.2, 0) is 6.54 Å².